The average Bonchev–Trinajstić information content (AvgIpc) is 3.00. The predicted molar refractivity (Wildman–Crippen MR) is 98.0 cm³/mol. The van der Waals surface area contributed by atoms with Crippen molar-refractivity contribution in [3.05, 3.63) is 60.2 Å². The largest absolute Gasteiger partial charge is 0.457 e. The van der Waals surface area contributed by atoms with Crippen LogP contribution in [0.4, 0.5) is 0 Å². The van der Waals surface area contributed by atoms with E-state index in [0.717, 1.165) is 24.3 Å². The molecule has 4 heteroatoms. The smallest absolute Gasteiger partial charge is 0.253 e. The number of rotatable bonds is 4. The van der Waals surface area contributed by atoms with Crippen molar-refractivity contribution >= 4 is 5.91 Å². The van der Waals surface area contributed by atoms with E-state index in [1.807, 2.05) is 66.5 Å². The zero-order valence-corrected chi connectivity index (χ0v) is 14.5. The average molecular weight is 336 g/mol. The van der Waals surface area contributed by atoms with Gasteiger partial charge in [-0.3, -0.25) is 4.79 Å². The summed E-state index contributed by atoms with van der Waals surface area (Å²) in [6, 6.07) is 18.6. The van der Waals surface area contributed by atoms with Crippen LogP contribution in [0, 0.1) is 0 Å². The van der Waals surface area contributed by atoms with Crippen LogP contribution in [0.1, 0.15) is 36.0 Å². The molecule has 2 atom stereocenters. The van der Waals surface area contributed by atoms with Crippen molar-refractivity contribution in [3.63, 3.8) is 0 Å². The number of nitrogens with zero attached hydrogens (tertiary/aromatic N) is 1. The molecule has 2 aliphatic heterocycles. The van der Waals surface area contributed by atoms with Crippen molar-refractivity contribution < 1.29 is 9.53 Å². The summed E-state index contributed by atoms with van der Waals surface area (Å²) >= 11 is 0. The molecule has 0 aliphatic carbocycles. The van der Waals surface area contributed by atoms with E-state index in [9.17, 15) is 4.79 Å². The fraction of sp³-hybridized carbons (Fsp3) is 0.381. The molecule has 130 valence electrons. The Balaban J connectivity index is 1.41. The van der Waals surface area contributed by atoms with Gasteiger partial charge in [-0.15, -0.1) is 0 Å². The van der Waals surface area contributed by atoms with Gasteiger partial charge in [-0.05, 0) is 62.1 Å². The van der Waals surface area contributed by atoms with Crippen molar-refractivity contribution in [2.45, 2.75) is 43.8 Å². The molecule has 2 fully saturated rings. The summed E-state index contributed by atoms with van der Waals surface area (Å²) in [5.41, 5.74) is 0.716. The van der Waals surface area contributed by atoms with Gasteiger partial charge in [0.25, 0.3) is 5.91 Å². The normalized spacial score (nSPS) is 24.8. The second kappa shape index (κ2) is 6.89. The van der Waals surface area contributed by atoms with E-state index in [4.69, 9.17) is 4.74 Å². The molecule has 25 heavy (non-hydrogen) atoms. The molecule has 2 saturated heterocycles. The van der Waals surface area contributed by atoms with E-state index >= 15 is 0 Å². The van der Waals surface area contributed by atoms with E-state index in [-0.39, 0.29) is 5.91 Å². The molecule has 4 rings (SSSR count). The molecule has 0 spiro atoms. The van der Waals surface area contributed by atoms with Gasteiger partial charge in [0.1, 0.15) is 11.5 Å². The van der Waals surface area contributed by atoms with Crippen LogP contribution in [0.3, 0.4) is 0 Å². The fourth-order valence-electron chi connectivity index (χ4n) is 4.00. The number of hydrogen-bond acceptors (Lipinski definition) is 3. The molecular formula is C21H24N2O2. The molecule has 0 aromatic heterocycles. The first-order valence-electron chi connectivity index (χ1n) is 9.05. The maximum Gasteiger partial charge on any atom is 0.253 e. The Morgan fingerprint density at radius 2 is 1.56 bits per heavy atom. The van der Waals surface area contributed by atoms with Crippen molar-refractivity contribution in [1.29, 1.82) is 0 Å². The predicted octanol–water partition coefficient (Wildman–Crippen LogP) is 3.83. The zero-order valence-electron chi connectivity index (χ0n) is 14.5. The lowest BCUT2D eigenvalue weighted by Crippen LogP contribution is -2.48. The molecule has 4 nitrogen and oxygen atoms in total. The lowest BCUT2D eigenvalue weighted by atomic mass is 9.98. The molecule has 0 saturated carbocycles. The quantitative estimate of drug-likeness (QED) is 0.922. The van der Waals surface area contributed by atoms with Gasteiger partial charge in [-0.2, -0.15) is 0 Å². The van der Waals surface area contributed by atoms with Gasteiger partial charge in [-0.1, -0.05) is 18.2 Å². The summed E-state index contributed by atoms with van der Waals surface area (Å²) in [5.74, 6) is 1.63. The molecule has 1 amide bonds. The standard InChI is InChI=1S/C21H24N2O2/c1-23(18-13-16-9-10-17(14-18)22-16)21(24)15-7-11-20(12-8-15)25-19-5-3-2-4-6-19/h2-8,11-12,16-18,22H,9-10,13-14H2,1H3. The number of fused-ring (bicyclic) bond motifs is 2. The third-order valence-corrected chi connectivity index (χ3v) is 5.40. The summed E-state index contributed by atoms with van der Waals surface area (Å²) in [6.45, 7) is 0. The molecule has 1 N–H and O–H groups in total. The van der Waals surface area contributed by atoms with Gasteiger partial charge in [0.15, 0.2) is 0 Å². The maximum atomic E-state index is 12.8. The number of carbonyl (C=O) groups excluding carboxylic acids is 1. The first kappa shape index (κ1) is 16.2. The van der Waals surface area contributed by atoms with Crippen LogP contribution in [-0.4, -0.2) is 36.0 Å². The number of carbonyl (C=O) groups is 1. The van der Waals surface area contributed by atoms with Crippen LogP contribution in [0.2, 0.25) is 0 Å². The van der Waals surface area contributed by atoms with Crippen LogP contribution in [-0.2, 0) is 0 Å². The van der Waals surface area contributed by atoms with Gasteiger partial charge >= 0.3 is 0 Å². The number of amides is 1. The number of hydrogen-bond donors (Lipinski definition) is 1. The minimum absolute atomic E-state index is 0.0950. The summed E-state index contributed by atoms with van der Waals surface area (Å²) in [6.07, 6.45) is 4.62. The fourth-order valence-corrected chi connectivity index (χ4v) is 4.00. The third-order valence-electron chi connectivity index (χ3n) is 5.40. The van der Waals surface area contributed by atoms with Crippen LogP contribution in [0.5, 0.6) is 11.5 Å². The number of benzene rings is 2. The Morgan fingerprint density at radius 1 is 0.960 bits per heavy atom. The first-order valence-corrected chi connectivity index (χ1v) is 9.05. The van der Waals surface area contributed by atoms with Crippen LogP contribution in [0.15, 0.2) is 54.6 Å². The Bertz CT molecular complexity index is 717. The Kier molecular flexibility index (Phi) is 4.45. The first-order chi connectivity index (χ1) is 12.2. The Labute approximate surface area is 148 Å². The van der Waals surface area contributed by atoms with Gasteiger partial charge in [-0.25, -0.2) is 0 Å². The molecule has 2 unspecified atom stereocenters. The summed E-state index contributed by atoms with van der Waals surface area (Å²) in [4.78, 5) is 14.7. The number of piperidine rings is 1. The SMILES string of the molecule is CN(C(=O)c1ccc(Oc2ccccc2)cc1)C1CC2CCC(C1)N2. The second-order valence-electron chi connectivity index (χ2n) is 7.12. The molecule has 2 heterocycles. The lowest BCUT2D eigenvalue weighted by molar-refractivity contribution is 0.0681. The van der Waals surface area contributed by atoms with Gasteiger partial charge in [0, 0.05) is 30.7 Å². The lowest BCUT2D eigenvalue weighted by Gasteiger charge is -2.35. The summed E-state index contributed by atoms with van der Waals surface area (Å²) in [7, 11) is 1.94. The van der Waals surface area contributed by atoms with Crippen LogP contribution in [0.25, 0.3) is 0 Å². The van der Waals surface area contributed by atoms with Gasteiger partial charge < -0.3 is 15.0 Å². The molecular weight excluding hydrogens is 312 g/mol. The monoisotopic (exact) mass is 336 g/mol. The van der Waals surface area contributed by atoms with E-state index in [2.05, 4.69) is 5.32 Å². The number of ether oxygens (including phenoxy) is 1. The van der Waals surface area contributed by atoms with Crippen molar-refractivity contribution in [3.8, 4) is 11.5 Å². The van der Waals surface area contributed by atoms with E-state index in [0.29, 0.717) is 23.7 Å². The molecule has 2 aliphatic rings. The van der Waals surface area contributed by atoms with Gasteiger partial charge in [0.2, 0.25) is 0 Å². The summed E-state index contributed by atoms with van der Waals surface area (Å²) < 4.78 is 5.79. The molecule has 2 aromatic carbocycles. The van der Waals surface area contributed by atoms with Crippen LogP contribution >= 0.6 is 0 Å². The zero-order chi connectivity index (χ0) is 17.2. The second-order valence-corrected chi connectivity index (χ2v) is 7.12. The topological polar surface area (TPSA) is 41.6 Å². The van der Waals surface area contributed by atoms with Crippen molar-refractivity contribution in [1.82, 2.24) is 10.2 Å². The van der Waals surface area contributed by atoms with Crippen molar-refractivity contribution in [2.24, 2.45) is 0 Å². The Hall–Kier alpha value is -2.33. The molecule has 2 aromatic rings. The minimum Gasteiger partial charge on any atom is -0.457 e. The highest BCUT2D eigenvalue weighted by Gasteiger charge is 2.36. The van der Waals surface area contributed by atoms with Crippen molar-refractivity contribution in [2.75, 3.05) is 7.05 Å². The maximum absolute atomic E-state index is 12.8. The number of nitrogens with one attached hydrogen (secondary N) is 1. The number of para-hydroxylation sites is 1. The van der Waals surface area contributed by atoms with Gasteiger partial charge in [0.05, 0.1) is 0 Å². The van der Waals surface area contributed by atoms with Crippen LogP contribution < -0.4 is 10.1 Å². The summed E-state index contributed by atoms with van der Waals surface area (Å²) in [5, 5.41) is 3.63. The minimum atomic E-state index is 0.0950. The highest BCUT2D eigenvalue weighted by Crippen LogP contribution is 2.30. The molecule has 0 radical (unpaired) electrons. The van der Waals surface area contributed by atoms with E-state index in [1.165, 1.54) is 12.8 Å². The molecule has 2 bridgehead atoms. The van der Waals surface area contributed by atoms with E-state index in [1.54, 1.807) is 0 Å². The highest BCUT2D eigenvalue weighted by molar-refractivity contribution is 5.94. The third kappa shape index (κ3) is 3.54. The van der Waals surface area contributed by atoms with E-state index < -0.39 is 0 Å². The Morgan fingerprint density at radius 3 is 2.20 bits per heavy atom. The highest BCUT2D eigenvalue weighted by atomic mass is 16.5.